The predicted molar refractivity (Wildman–Crippen MR) is 66.8 cm³/mol. The highest BCUT2D eigenvalue weighted by Gasteiger charge is 2.12. The molecule has 0 aliphatic carbocycles. The van der Waals surface area contributed by atoms with Gasteiger partial charge in [-0.15, -0.1) is 0 Å². The first-order valence-corrected chi connectivity index (χ1v) is 5.83. The standard InChI is InChI=1S/C13H15N3O/c1-17-11-6-4-10(5-7-11)12-9-16-13(15-12)3-2-8-14-16/h4-7,9,14H,2-3,8H2,1H3. The second-order valence-electron chi connectivity index (χ2n) is 4.15. The molecule has 1 aliphatic rings. The molecule has 0 atom stereocenters. The van der Waals surface area contributed by atoms with Crippen LogP contribution in [0, 0.1) is 0 Å². The molecule has 17 heavy (non-hydrogen) atoms. The van der Waals surface area contributed by atoms with E-state index < -0.39 is 0 Å². The Morgan fingerprint density at radius 3 is 2.82 bits per heavy atom. The third kappa shape index (κ3) is 1.86. The van der Waals surface area contributed by atoms with Crippen LogP contribution in [0.15, 0.2) is 30.5 Å². The van der Waals surface area contributed by atoms with E-state index in [1.54, 1.807) is 7.11 Å². The highest BCUT2D eigenvalue weighted by atomic mass is 16.5. The number of fused-ring (bicyclic) bond motifs is 1. The van der Waals surface area contributed by atoms with Gasteiger partial charge in [0.2, 0.25) is 0 Å². The molecule has 0 fully saturated rings. The van der Waals surface area contributed by atoms with Gasteiger partial charge in [0.25, 0.3) is 0 Å². The van der Waals surface area contributed by atoms with E-state index in [0.717, 1.165) is 42.2 Å². The molecule has 1 aliphatic heterocycles. The summed E-state index contributed by atoms with van der Waals surface area (Å²) in [5.74, 6) is 1.98. The maximum absolute atomic E-state index is 5.15. The average Bonchev–Trinajstić information content (AvgIpc) is 2.82. The lowest BCUT2D eigenvalue weighted by Crippen LogP contribution is -2.23. The largest absolute Gasteiger partial charge is 0.497 e. The Balaban J connectivity index is 1.94. The SMILES string of the molecule is COc1ccc(-c2cn3c(n2)CCCN3)cc1. The average molecular weight is 229 g/mol. The molecule has 1 N–H and O–H groups in total. The van der Waals surface area contributed by atoms with Crippen LogP contribution in [0.2, 0.25) is 0 Å². The normalized spacial score (nSPS) is 13.9. The molecule has 1 aromatic carbocycles. The number of aryl methyl sites for hydroxylation is 1. The third-order valence-electron chi connectivity index (χ3n) is 3.02. The van der Waals surface area contributed by atoms with Gasteiger partial charge in [0.05, 0.1) is 19.0 Å². The zero-order valence-corrected chi connectivity index (χ0v) is 9.81. The minimum atomic E-state index is 0.871. The topological polar surface area (TPSA) is 39.1 Å². The van der Waals surface area contributed by atoms with Crippen molar-refractivity contribution in [2.24, 2.45) is 0 Å². The maximum Gasteiger partial charge on any atom is 0.128 e. The third-order valence-corrected chi connectivity index (χ3v) is 3.02. The predicted octanol–water partition coefficient (Wildman–Crippen LogP) is 2.05. The van der Waals surface area contributed by atoms with Crippen molar-refractivity contribution in [3.63, 3.8) is 0 Å². The molecule has 0 amide bonds. The summed E-state index contributed by atoms with van der Waals surface area (Å²) >= 11 is 0. The first kappa shape index (κ1) is 10.2. The molecule has 1 aromatic heterocycles. The molecule has 4 nitrogen and oxygen atoms in total. The number of methoxy groups -OCH3 is 1. The van der Waals surface area contributed by atoms with E-state index in [-0.39, 0.29) is 0 Å². The van der Waals surface area contributed by atoms with Crippen LogP contribution in [0.1, 0.15) is 12.2 Å². The summed E-state index contributed by atoms with van der Waals surface area (Å²) in [6.45, 7) is 1.02. The number of ether oxygens (including phenoxy) is 1. The smallest absolute Gasteiger partial charge is 0.128 e. The molecule has 3 rings (SSSR count). The van der Waals surface area contributed by atoms with Crippen LogP contribution in [0.3, 0.4) is 0 Å². The van der Waals surface area contributed by atoms with Gasteiger partial charge in [-0.2, -0.15) is 0 Å². The maximum atomic E-state index is 5.15. The lowest BCUT2D eigenvalue weighted by molar-refractivity contribution is 0.415. The van der Waals surface area contributed by atoms with Crippen molar-refractivity contribution >= 4 is 0 Å². The number of rotatable bonds is 2. The monoisotopic (exact) mass is 229 g/mol. The Morgan fingerprint density at radius 1 is 1.29 bits per heavy atom. The van der Waals surface area contributed by atoms with Gasteiger partial charge in [-0.25, -0.2) is 4.98 Å². The second kappa shape index (κ2) is 4.13. The highest BCUT2D eigenvalue weighted by Crippen LogP contribution is 2.22. The molecule has 0 saturated heterocycles. The van der Waals surface area contributed by atoms with Crippen LogP contribution >= 0.6 is 0 Å². The Bertz CT molecular complexity index is 492. The second-order valence-corrected chi connectivity index (χ2v) is 4.15. The minimum absolute atomic E-state index is 0.871. The van der Waals surface area contributed by atoms with Crippen LogP contribution in [0.25, 0.3) is 11.3 Å². The van der Waals surface area contributed by atoms with Crippen molar-refractivity contribution in [1.82, 2.24) is 9.66 Å². The van der Waals surface area contributed by atoms with Crippen LogP contribution in [0.5, 0.6) is 5.75 Å². The van der Waals surface area contributed by atoms with E-state index in [1.807, 2.05) is 28.9 Å². The number of benzene rings is 1. The van der Waals surface area contributed by atoms with Crippen LogP contribution in [-0.2, 0) is 6.42 Å². The summed E-state index contributed by atoms with van der Waals surface area (Å²) in [6.07, 6.45) is 4.25. The summed E-state index contributed by atoms with van der Waals surface area (Å²) in [6, 6.07) is 7.99. The Morgan fingerprint density at radius 2 is 2.12 bits per heavy atom. The van der Waals surface area contributed by atoms with Gasteiger partial charge in [0.1, 0.15) is 11.6 Å². The molecule has 4 heteroatoms. The van der Waals surface area contributed by atoms with Crippen molar-refractivity contribution in [3.05, 3.63) is 36.3 Å². The van der Waals surface area contributed by atoms with E-state index in [4.69, 9.17) is 4.74 Å². The van der Waals surface area contributed by atoms with E-state index in [9.17, 15) is 0 Å². The number of nitrogens with zero attached hydrogens (tertiary/aromatic N) is 2. The molecule has 2 aromatic rings. The summed E-state index contributed by atoms with van der Waals surface area (Å²) < 4.78 is 7.18. The first-order valence-electron chi connectivity index (χ1n) is 5.83. The van der Waals surface area contributed by atoms with Gasteiger partial charge in [0.15, 0.2) is 0 Å². The number of aromatic nitrogens is 2. The van der Waals surface area contributed by atoms with E-state index >= 15 is 0 Å². The van der Waals surface area contributed by atoms with Gasteiger partial charge < -0.3 is 10.2 Å². The van der Waals surface area contributed by atoms with Gasteiger partial charge in [-0.05, 0) is 30.7 Å². The molecule has 0 spiro atoms. The van der Waals surface area contributed by atoms with Gasteiger partial charge in [-0.1, -0.05) is 0 Å². The van der Waals surface area contributed by atoms with Gasteiger partial charge >= 0.3 is 0 Å². The highest BCUT2D eigenvalue weighted by molar-refractivity contribution is 5.59. The van der Waals surface area contributed by atoms with Crippen molar-refractivity contribution < 1.29 is 4.74 Å². The molecule has 2 heterocycles. The Hall–Kier alpha value is -1.97. The summed E-state index contributed by atoms with van der Waals surface area (Å²) in [5, 5.41) is 0. The van der Waals surface area contributed by atoms with E-state index in [2.05, 4.69) is 16.6 Å². The quantitative estimate of drug-likeness (QED) is 0.856. The fourth-order valence-corrected chi connectivity index (χ4v) is 2.08. The van der Waals surface area contributed by atoms with E-state index in [0.29, 0.717) is 0 Å². The fourth-order valence-electron chi connectivity index (χ4n) is 2.08. The zero-order valence-electron chi connectivity index (χ0n) is 9.81. The van der Waals surface area contributed by atoms with Crippen LogP contribution in [0.4, 0.5) is 0 Å². The Labute approximate surface area is 100 Å². The fraction of sp³-hybridized carbons (Fsp3) is 0.308. The van der Waals surface area contributed by atoms with Crippen LogP contribution in [-0.4, -0.2) is 23.3 Å². The first-order chi connectivity index (χ1) is 8.36. The Kier molecular flexibility index (Phi) is 2.48. The van der Waals surface area contributed by atoms with Crippen molar-refractivity contribution in [2.45, 2.75) is 12.8 Å². The summed E-state index contributed by atoms with van der Waals surface area (Å²) in [5.41, 5.74) is 5.44. The van der Waals surface area contributed by atoms with Crippen molar-refractivity contribution in [2.75, 3.05) is 19.1 Å². The lowest BCUT2D eigenvalue weighted by atomic mass is 10.2. The van der Waals surface area contributed by atoms with Crippen molar-refractivity contribution in [3.8, 4) is 17.0 Å². The van der Waals surface area contributed by atoms with E-state index in [1.165, 1.54) is 0 Å². The van der Waals surface area contributed by atoms with Crippen LogP contribution < -0.4 is 10.2 Å². The zero-order chi connectivity index (χ0) is 11.7. The number of hydrogen-bond acceptors (Lipinski definition) is 3. The number of hydrogen-bond donors (Lipinski definition) is 1. The molecule has 0 bridgehead atoms. The molecule has 0 radical (unpaired) electrons. The number of nitrogens with one attached hydrogen (secondary N) is 1. The molecular formula is C13H15N3O. The minimum Gasteiger partial charge on any atom is -0.497 e. The van der Waals surface area contributed by atoms with Crippen molar-refractivity contribution in [1.29, 1.82) is 0 Å². The summed E-state index contributed by atoms with van der Waals surface area (Å²) in [4.78, 5) is 4.64. The summed E-state index contributed by atoms with van der Waals surface area (Å²) in [7, 11) is 1.67. The van der Waals surface area contributed by atoms with Gasteiger partial charge in [-0.3, -0.25) is 4.68 Å². The molecular weight excluding hydrogens is 214 g/mol. The number of imidazole rings is 1. The van der Waals surface area contributed by atoms with Gasteiger partial charge in [0, 0.05) is 18.5 Å². The molecule has 88 valence electrons. The molecule has 0 saturated carbocycles. The molecule has 0 unspecified atom stereocenters. The lowest BCUT2D eigenvalue weighted by Gasteiger charge is -2.14.